The van der Waals surface area contributed by atoms with Crippen LogP contribution in [0.15, 0.2) is 59.7 Å². The van der Waals surface area contributed by atoms with Gasteiger partial charge in [-0.05, 0) is 42.8 Å². The summed E-state index contributed by atoms with van der Waals surface area (Å²) in [6.07, 6.45) is 3.76. The van der Waals surface area contributed by atoms with Crippen molar-refractivity contribution < 1.29 is 0 Å². The molecule has 0 fully saturated rings. The third-order valence-corrected chi connectivity index (χ3v) is 5.88. The molecule has 0 amide bonds. The van der Waals surface area contributed by atoms with Crippen LogP contribution in [0.2, 0.25) is 0 Å². The Morgan fingerprint density at radius 3 is 2.62 bits per heavy atom. The highest BCUT2D eigenvalue weighted by Crippen LogP contribution is 2.41. The summed E-state index contributed by atoms with van der Waals surface area (Å²) in [5.41, 5.74) is 7.48. The Hall–Kier alpha value is -3.54. The third-order valence-electron chi connectivity index (χ3n) is 5.88. The Morgan fingerprint density at radius 1 is 0.966 bits per heavy atom. The maximum Gasteiger partial charge on any atom is 0.253 e. The average molecular weight is 385 g/mol. The summed E-state index contributed by atoms with van der Waals surface area (Å²) in [7, 11) is 3.98. The topological polar surface area (TPSA) is 57.2 Å². The Bertz CT molecular complexity index is 1270. The Labute approximate surface area is 169 Å². The molecule has 0 atom stereocenters. The first-order valence-corrected chi connectivity index (χ1v) is 9.76. The summed E-state index contributed by atoms with van der Waals surface area (Å²) in [6.45, 7) is 3.69. The zero-order valence-electron chi connectivity index (χ0n) is 16.8. The number of H-pyrrole nitrogens is 1. The van der Waals surface area contributed by atoms with Gasteiger partial charge < -0.3 is 14.4 Å². The fourth-order valence-electron chi connectivity index (χ4n) is 4.26. The van der Waals surface area contributed by atoms with Crippen LogP contribution in [-0.2, 0) is 7.05 Å². The molecule has 0 saturated heterocycles. The van der Waals surface area contributed by atoms with E-state index in [1.54, 1.807) is 4.57 Å². The lowest BCUT2D eigenvalue weighted by Crippen LogP contribution is -2.36. The van der Waals surface area contributed by atoms with Crippen LogP contribution in [0.25, 0.3) is 22.0 Å². The monoisotopic (exact) mass is 385 g/mol. The van der Waals surface area contributed by atoms with Crippen LogP contribution in [0.5, 0.6) is 0 Å². The van der Waals surface area contributed by atoms with Crippen molar-refractivity contribution in [3.63, 3.8) is 0 Å². The van der Waals surface area contributed by atoms with Gasteiger partial charge in [-0.2, -0.15) is 5.10 Å². The van der Waals surface area contributed by atoms with Crippen LogP contribution >= 0.6 is 0 Å². The second kappa shape index (κ2) is 6.51. The molecule has 5 rings (SSSR count). The molecule has 4 aromatic rings. The molecule has 6 nitrogen and oxygen atoms in total. The molecule has 0 radical (unpaired) electrons. The Morgan fingerprint density at radius 2 is 1.83 bits per heavy atom. The number of rotatable bonds is 2. The third kappa shape index (κ3) is 2.71. The molecule has 146 valence electrons. The maximum absolute atomic E-state index is 12.4. The van der Waals surface area contributed by atoms with Crippen LogP contribution in [-0.4, -0.2) is 34.9 Å². The number of aromatic nitrogens is 3. The van der Waals surface area contributed by atoms with Gasteiger partial charge in [-0.15, -0.1) is 0 Å². The van der Waals surface area contributed by atoms with Crippen molar-refractivity contribution in [2.24, 2.45) is 7.05 Å². The molecule has 2 aromatic heterocycles. The number of likely N-dealkylation sites (N-methyl/N-ethyl adjacent to an activating group) is 1. The first-order valence-electron chi connectivity index (χ1n) is 9.76. The standard InChI is InChI=1S/C23H23N5O/c1-15-11-18-19(27(3)23(15)29)5-4-6-20(18)28-10-9-26(2)22-12-16(7-8-21(22)28)17-13-24-25-14-17/h4-8,11-14H,9-10H2,1-3H3,(H,24,25). The second-order valence-corrected chi connectivity index (χ2v) is 7.67. The molecule has 0 aliphatic carbocycles. The zero-order chi connectivity index (χ0) is 20.1. The number of nitrogens with one attached hydrogen (secondary N) is 1. The lowest BCUT2D eigenvalue weighted by Gasteiger charge is -2.38. The van der Waals surface area contributed by atoms with Gasteiger partial charge in [0.15, 0.2) is 0 Å². The van der Waals surface area contributed by atoms with Gasteiger partial charge in [-0.3, -0.25) is 9.89 Å². The minimum absolute atomic E-state index is 0.0539. The van der Waals surface area contributed by atoms with Crippen LogP contribution in [0.4, 0.5) is 17.1 Å². The summed E-state index contributed by atoms with van der Waals surface area (Å²) in [5, 5.41) is 8.06. The van der Waals surface area contributed by atoms with Crippen molar-refractivity contribution >= 4 is 28.0 Å². The van der Waals surface area contributed by atoms with Crippen molar-refractivity contribution in [1.29, 1.82) is 0 Å². The average Bonchev–Trinajstić information content (AvgIpc) is 3.27. The summed E-state index contributed by atoms with van der Waals surface area (Å²) < 4.78 is 1.74. The first-order chi connectivity index (χ1) is 14.0. The molecule has 1 N–H and O–H groups in total. The minimum atomic E-state index is 0.0539. The van der Waals surface area contributed by atoms with E-state index < -0.39 is 0 Å². The van der Waals surface area contributed by atoms with Gasteiger partial charge in [-0.1, -0.05) is 12.1 Å². The van der Waals surface area contributed by atoms with E-state index in [2.05, 4.69) is 51.3 Å². The molecular formula is C23H23N5O. The predicted molar refractivity (Wildman–Crippen MR) is 118 cm³/mol. The number of hydrogen-bond acceptors (Lipinski definition) is 4. The molecule has 29 heavy (non-hydrogen) atoms. The molecule has 0 bridgehead atoms. The molecule has 6 heteroatoms. The van der Waals surface area contributed by atoms with E-state index in [1.807, 2.05) is 44.6 Å². The Kier molecular flexibility index (Phi) is 3.94. The van der Waals surface area contributed by atoms with Gasteiger partial charge in [0.25, 0.3) is 5.56 Å². The van der Waals surface area contributed by atoms with E-state index in [0.717, 1.165) is 46.4 Å². The van der Waals surface area contributed by atoms with Crippen molar-refractivity contribution in [3.05, 3.63) is 70.8 Å². The van der Waals surface area contributed by atoms with Gasteiger partial charge in [-0.25, -0.2) is 0 Å². The number of aromatic amines is 1. The lowest BCUT2D eigenvalue weighted by molar-refractivity contribution is 0.823. The van der Waals surface area contributed by atoms with Gasteiger partial charge in [0.05, 0.1) is 28.8 Å². The van der Waals surface area contributed by atoms with E-state index in [1.165, 1.54) is 11.4 Å². The molecular weight excluding hydrogens is 362 g/mol. The highest BCUT2D eigenvalue weighted by atomic mass is 16.1. The fraction of sp³-hybridized carbons (Fsp3) is 0.217. The highest BCUT2D eigenvalue weighted by molar-refractivity contribution is 5.97. The molecule has 0 saturated carbocycles. The maximum atomic E-state index is 12.4. The van der Waals surface area contributed by atoms with Gasteiger partial charge in [0, 0.05) is 49.9 Å². The lowest BCUT2D eigenvalue weighted by atomic mass is 10.0. The van der Waals surface area contributed by atoms with Gasteiger partial charge in [0.2, 0.25) is 0 Å². The Balaban J connectivity index is 1.70. The number of nitrogens with zero attached hydrogens (tertiary/aromatic N) is 4. The second-order valence-electron chi connectivity index (χ2n) is 7.67. The molecule has 0 unspecified atom stereocenters. The zero-order valence-corrected chi connectivity index (χ0v) is 16.8. The molecule has 3 heterocycles. The number of hydrogen-bond donors (Lipinski definition) is 1. The quantitative estimate of drug-likeness (QED) is 0.570. The summed E-state index contributed by atoms with van der Waals surface area (Å²) in [4.78, 5) is 17.1. The summed E-state index contributed by atoms with van der Waals surface area (Å²) in [5.74, 6) is 0. The number of fused-ring (bicyclic) bond motifs is 2. The normalized spacial score (nSPS) is 13.8. The first kappa shape index (κ1) is 17.6. The van der Waals surface area contributed by atoms with Gasteiger partial charge >= 0.3 is 0 Å². The van der Waals surface area contributed by atoms with Crippen molar-refractivity contribution in [2.45, 2.75) is 6.92 Å². The number of pyridine rings is 1. The molecule has 1 aliphatic rings. The summed E-state index contributed by atoms with van der Waals surface area (Å²) in [6, 6.07) is 14.8. The van der Waals surface area contributed by atoms with Crippen LogP contribution in [0.3, 0.4) is 0 Å². The van der Waals surface area contributed by atoms with E-state index in [0.29, 0.717) is 0 Å². The SMILES string of the molecule is Cc1cc2c(N3CCN(C)c4cc(-c5cn[nH]c5)ccc43)cccc2n(C)c1=O. The van der Waals surface area contributed by atoms with E-state index in [4.69, 9.17) is 0 Å². The largest absolute Gasteiger partial charge is 0.371 e. The van der Waals surface area contributed by atoms with Crippen molar-refractivity contribution in [2.75, 3.05) is 29.9 Å². The minimum Gasteiger partial charge on any atom is -0.371 e. The van der Waals surface area contributed by atoms with Crippen molar-refractivity contribution in [3.8, 4) is 11.1 Å². The highest BCUT2D eigenvalue weighted by Gasteiger charge is 2.24. The van der Waals surface area contributed by atoms with E-state index in [-0.39, 0.29) is 5.56 Å². The van der Waals surface area contributed by atoms with Crippen molar-refractivity contribution in [1.82, 2.24) is 14.8 Å². The fourth-order valence-corrected chi connectivity index (χ4v) is 4.26. The van der Waals surface area contributed by atoms with E-state index >= 15 is 0 Å². The van der Waals surface area contributed by atoms with E-state index in [9.17, 15) is 4.79 Å². The number of anilines is 3. The number of benzene rings is 2. The molecule has 2 aromatic carbocycles. The smallest absolute Gasteiger partial charge is 0.253 e. The van der Waals surface area contributed by atoms with Crippen LogP contribution < -0.4 is 15.4 Å². The van der Waals surface area contributed by atoms with Gasteiger partial charge in [0.1, 0.15) is 0 Å². The predicted octanol–water partition coefficient (Wildman–Crippen LogP) is 3.82. The van der Waals surface area contributed by atoms with Crippen LogP contribution in [0, 0.1) is 6.92 Å². The van der Waals surface area contributed by atoms with Crippen LogP contribution in [0.1, 0.15) is 5.56 Å². The molecule has 0 spiro atoms. The summed E-state index contributed by atoms with van der Waals surface area (Å²) >= 11 is 0. The molecule has 1 aliphatic heterocycles. The number of aryl methyl sites for hydroxylation is 2.